The van der Waals surface area contributed by atoms with E-state index < -0.39 is 36.1 Å². The van der Waals surface area contributed by atoms with E-state index in [4.69, 9.17) is 26.2 Å². The lowest BCUT2D eigenvalue weighted by Gasteiger charge is -2.11. The topological polar surface area (TPSA) is 196 Å². The molecule has 136 valence electrons. The zero-order valence-corrected chi connectivity index (χ0v) is 13.3. The highest BCUT2D eigenvalue weighted by Gasteiger charge is 2.27. The van der Waals surface area contributed by atoms with Crippen molar-refractivity contribution in [2.45, 2.75) is 44.9 Å². The summed E-state index contributed by atoms with van der Waals surface area (Å²) >= 11 is 0. The first-order valence-electron chi connectivity index (χ1n) is 7.11. The molecule has 0 unspecified atom stereocenters. The lowest BCUT2D eigenvalue weighted by Crippen LogP contribution is -2.36. The molecule has 0 aromatic heterocycles. The van der Waals surface area contributed by atoms with Crippen LogP contribution in [0.25, 0.3) is 0 Å². The molecule has 1 fully saturated rings. The molecule has 0 aromatic carbocycles. The predicted molar refractivity (Wildman–Crippen MR) is 81.8 cm³/mol. The quantitative estimate of drug-likeness (QED) is 0.302. The second-order valence-corrected chi connectivity index (χ2v) is 5.04. The van der Waals surface area contributed by atoms with Crippen LogP contribution in [0.3, 0.4) is 0 Å². The largest absolute Gasteiger partial charge is 0.480 e. The number of carbonyl (C=O) groups is 3. The Labute approximate surface area is 134 Å². The van der Waals surface area contributed by atoms with Gasteiger partial charge in [-0.3, -0.25) is 14.4 Å². The van der Waals surface area contributed by atoms with Crippen LogP contribution < -0.4 is 16.8 Å². The van der Waals surface area contributed by atoms with E-state index >= 15 is 0 Å². The van der Waals surface area contributed by atoms with Crippen LogP contribution in [0.5, 0.6) is 0 Å². The molecule has 23 heavy (non-hydrogen) atoms. The van der Waals surface area contributed by atoms with Crippen LogP contribution in [0.2, 0.25) is 0 Å². The van der Waals surface area contributed by atoms with Gasteiger partial charge >= 0.3 is 17.9 Å². The lowest BCUT2D eigenvalue weighted by atomic mass is 10.0. The number of carboxylic acids is 3. The van der Waals surface area contributed by atoms with Crippen molar-refractivity contribution in [3.63, 3.8) is 0 Å². The maximum absolute atomic E-state index is 10.2. The lowest BCUT2D eigenvalue weighted by molar-refractivity contribution is -0.140. The number of nitrogens with two attached hydrogens (primary N) is 2. The minimum atomic E-state index is -0.968. The summed E-state index contributed by atoms with van der Waals surface area (Å²) in [6, 6.07) is -1.24. The Morgan fingerprint density at radius 2 is 1.74 bits per heavy atom. The van der Waals surface area contributed by atoms with Gasteiger partial charge in [0.25, 0.3) is 0 Å². The molecule has 1 aliphatic heterocycles. The van der Waals surface area contributed by atoms with Gasteiger partial charge in [0.1, 0.15) is 12.1 Å². The normalized spacial score (nSPS) is 21.8. The zero-order chi connectivity index (χ0) is 18.6. The second-order valence-electron chi connectivity index (χ2n) is 5.04. The van der Waals surface area contributed by atoms with Crippen LogP contribution in [-0.2, 0) is 14.4 Å². The van der Waals surface area contributed by atoms with Crippen molar-refractivity contribution in [3.8, 4) is 0 Å². The highest BCUT2D eigenvalue weighted by Crippen LogP contribution is 2.05. The third-order valence-electron chi connectivity index (χ3n) is 3.12. The van der Waals surface area contributed by atoms with Crippen molar-refractivity contribution < 1.29 is 34.8 Å². The van der Waals surface area contributed by atoms with Crippen molar-refractivity contribution in [2.24, 2.45) is 17.4 Å². The maximum Gasteiger partial charge on any atom is 0.320 e. The van der Waals surface area contributed by atoms with E-state index in [1.807, 2.05) is 13.8 Å². The smallest absolute Gasteiger partial charge is 0.320 e. The number of aliphatic carboxylic acids is 3. The summed E-state index contributed by atoms with van der Waals surface area (Å²) < 4.78 is 0. The van der Waals surface area contributed by atoms with E-state index in [0.29, 0.717) is 13.0 Å². The molecule has 0 bridgehead atoms. The highest BCUT2D eigenvalue weighted by molar-refractivity contribution is 5.74. The number of hydrogen-bond donors (Lipinski definition) is 7. The molecule has 0 amide bonds. The number of aliphatic hydroxyl groups excluding tert-OH is 1. The summed E-state index contributed by atoms with van der Waals surface area (Å²) in [6.07, 6.45) is 0.661. The van der Waals surface area contributed by atoms with Crippen LogP contribution in [-0.4, -0.2) is 69.6 Å². The van der Waals surface area contributed by atoms with Crippen molar-refractivity contribution >= 4 is 17.9 Å². The first-order valence-corrected chi connectivity index (χ1v) is 7.11. The van der Waals surface area contributed by atoms with E-state index in [9.17, 15) is 14.4 Å². The van der Waals surface area contributed by atoms with Gasteiger partial charge in [-0.2, -0.15) is 0 Å². The number of rotatable bonds is 5. The minimum absolute atomic E-state index is 0.0718. The summed E-state index contributed by atoms with van der Waals surface area (Å²) in [7, 11) is 0. The van der Waals surface area contributed by atoms with Gasteiger partial charge in [0.2, 0.25) is 0 Å². The zero-order valence-electron chi connectivity index (χ0n) is 13.3. The second kappa shape index (κ2) is 12.8. The molecule has 1 heterocycles. The Bertz CT molecular complexity index is 367. The molecule has 1 aliphatic rings. The molecule has 0 aliphatic carbocycles. The van der Waals surface area contributed by atoms with E-state index in [0.717, 1.165) is 6.42 Å². The molecule has 9 N–H and O–H groups in total. The van der Waals surface area contributed by atoms with Crippen molar-refractivity contribution in [3.05, 3.63) is 0 Å². The van der Waals surface area contributed by atoms with E-state index in [2.05, 4.69) is 11.1 Å². The molecule has 0 radical (unpaired) electrons. The highest BCUT2D eigenvalue weighted by atomic mass is 16.4. The van der Waals surface area contributed by atoms with Gasteiger partial charge in [-0.25, -0.2) is 0 Å². The average molecular weight is 337 g/mol. The van der Waals surface area contributed by atoms with Crippen LogP contribution in [0.15, 0.2) is 0 Å². The molecule has 10 heteroatoms. The van der Waals surface area contributed by atoms with Gasteiger partial charge < -0.3 is 37.2 Å². The third kappa shape index (κ3) is 12.5. The Morgan fingerprint density at radius 3 is 1.87 bits per heavy atom. The van der Waals surface area contributed by atoms with Gasteiger partial charge in [-0.05, 0) is 5.92 Å². The molecule has 0 aromatic rings. The fraction of sp³-hybridized carbons (Fsp3) is 0.769. The molecule has 0 spiro atoms. The SMILES string of the molecule is CC[C@H](C)[C@H](N)C(=O)O.NCC(=O)O.O=C(O)[C@@H]1C[C@@H](O)CN1. The maximum atomic E-state index is 10.2. The van der Waals surface area contributed by atoms with Gasteiger partial charge in [0.15, 0.2) is 0 Å². The first kappa shape index (κ1) is 23.5. The summed E-state index contributed by atoms with van der Waals surface area (Å²) in [4.78, 5) is 29.6. The van der Waals surface area contributed by atoms with E-state index in [1.165, 1.54) is 0 Å². The standard InChI is InChI=1S/C6H13NO2.C5H9NO3.C2H5NO2/c1-3-4(2)5(7)6(8)9;7-3-1-4(5(8)9)6-2-3;3-1-2(4)5/h4-5H,3,7H2,1-2H3,(H,8,9);3-4,6-7H,1-2H2,(H,8,9);1,3H2,(H,4,5)/t4-,5-;3-,4+;/m01./s1. The number of β-amino-alcohol motifs (C(OH)–C–C–N with tert-alkyl or cyclic N) is 1. The molecule has 1 saturated heterocycles. The Hall–Kier alpha value is -1.75. The molecule has 4 atom stereocenters. The minimum Gasteiger partial charge on any atom is -0.480 e. The number of hydrogen-bond acceptors (Lipinski definition) is 7. The predicted octanol–water partition coefficient (Wildman–Crippen LogP) is -1.73. The summed E-state index contributed by atoms with van der Waals surface area (Å²) in [5.41, 5.74) is 9.84. The van der Waals surface area contributed by atoms with Crippen LogP contribution >= 0.6 is 0 Å². The first-order chi connectivity index (χ1) is 10.6. The van der Waals surface area contributed by atoms with Crippen LogP contribution in [0.1, 0.15) is 26.7 Å². The Morgan fingerprint density at radius 1 is 1.26 bits per heavy atom. The van der Waals surface area contributed by atoms with Gasteiger partial charge in [0.05, 0.1) is 12.6 Å². The Kier molecular flexibility index (Phi) is 13.0. The van der Waals surface area contributed by atoms with Gasteiger partial charge in [0, 0.05) is 13.0 Å². The van der Waals surface area contributed by atoms with E-state index in [-0.39, 0.29) is 12.5 Å². The number of aliphatic hydroxyl groups is 1. The third-order valence-corrected chi connectivity index (χ3v) is 3.12. The average Bonchev–Trinajstić information content (AvgIpc) is 2.93. The summed E-state index contributed by atoms with van der Waals surface area (Å²) in [5.74, 6) is -2.69. The molecular weight excluding hydrogens is 310 g/mol. The molecular formula is C13H27N3O7. The fourth-order valence-corrected chi connectivity index (χ4v) is 1.40. The Balaban J connectivity index is 0. The van der Waals surface area contributed by atoms with Crippen molar-refractivity contribution in [1.29, 1.82) is 0 Å². The van der Waals surface area contributed by atoms with Gasteiger partial charge in [-0.1, -0.05) is 20.3 Å². The fourth-order valence-electron chi connectivity index (χ4n) is 1.40. The summed E-state index contributed by atoms with van der Waals surface area (Å²) in [6.45, 7) is 3.88. The van der Waals surface area contributed by atoms with E-state index in [1.54, 1.807) is 0 Å². The van der Waals surface area contributed by atoms with Crippen molar-refractivity contribution in [2.75, 3.05) is 13.1 Å². The monoisotopic (exact) mass is 337 g/mol. The molecule has 1 rings (SSSR count). The van der Waals surface area contributed by atoms with Crippen LogP contribution in [0, 0.1) is 5.92 Å². The molecule has 0 saturated carbocycles. The van der Waals surface area contributed by atoms with Gasteiger partial charge in [-0.15, -0.1) is 0 Å². The summed E-state index contributed by atoms with van der Waals surface area (Å²) in [5, 5.41) is 35.8. The van der Waals surface area contributed by atoms with Crippen molar-refractivity contribution in [1.82, 2.24) is 5.32 Å². The number of nitrogens with one attached hydrogen (secondary N) is 1. The van der Waals surface area contributed by atoms with Crippen LogP contribution in [0.4, 0.5) is 0 Å². The molecule has 10 nitrogen and oxygen atoms in total. The number of carboxylic acid groups (broad SMARTS) is 3.